The van der Waals surface area contributed by atoms with Crippen LogP contribution in [0, 0.1) is 0 Å². The summed E-state index contributed by atoms with van der Waals surface area (Å²) in [7, 11) is 1.65. The number of anilines is 1. The molecule has 1 fully saturated rings. The van der Waals surface area contributed by atoms with Crippen molar-refractivity contribution in [3.05, 3.63) is 71.9 Å². The zero-order valence-electron chi connectivity index (χ0n) is 22.5. The molecule has 2 aliphatic heterocycles. The molecule has 3 aromatic rings. The Labute approximate surface area is 219 Å². The molecule has 1 saturated heterocycles. The van der Waals surface area contributed by atoms with Gasteiger partial charge in [0.25, 0.3) is 5.91 Å². The molecule has 2 atom stereocenters. The van der Waals surface area contributed by atoms with E-state index in [0.29, 0.717) is 12.1 Å². The molecule has 0 radical (unpaired) electrons. The van der Waals surface area contributed by atoms with Crippen LogP contribution in [0.15, 0.2) is 60.8 Å². The van der Waals surface area contributed by atoms with Crippen LogP contribution in [0.2, 0.25) is 0 Å². The first kappa shape index (κ1) is 25.2. The van der Waals surface area contributed by atoms with Crippen molar-refractivity contribution in [3.63, 3.8) is 0 Å². The lowest BCUT2D eigenvalue weighted by Gasteiger charge is -2.39. The van der Waals surface area contributed by atoms with Crippen LogP contribution in [0.3, 0.4) is 0 Å². The summed E-state index contributed by atoms with van der Waals surface area (Å²) < 4.78 is 13.6. The molecule has 0 spiro atoms. The van der Waals surface area contributed by atoms with Crippen LogP contribution in [0.25, 0.3) is 0 Å². The molecule has 1 aromatic heterocycles. The molecule has 0 aliphatic carbocycles. The predicted molar refractivity (Wildman–Crippen MR) is 145 cm³/mol. The number of aromatic nitrogens is 2. The number of hydrogen-bond donors (Lipinski definition) is 1. The second-order valence-electron chi connectivity index (χ2n) is 10.9. The van der Waals surface area contributed by atoms with Gasteiger partial charge in [-0.2, -0.15) is 5.10 Å². The van der Waals surface area contributed by atoms with Gasteiger partial charge in [-0.3, -0.25) is 4.79 Å². The van der Waals surface area contributed by atoms with E-state index in [1.54, 1.807) is 13.3 Å². The number of rotatable bonds is 7. The van der Waals surface area contributed by atoms with Crippen molar-refractivity contribution in [1.29, 1.82) is 0 Å². The van der Waals surface area contributed by atoms with Gasteiger partial charge in [-0.25, -0.2) is 4.68 Å². The lowest BCUT2D eigenvalue weighted by Crippen LogP contribution is -2.47. The Bertz CT molecular complexity index is 1230. The number of hydrogen-bond acceptors (Lipinski definition) is 5. The van der Waals surface area contributed by atoms with Gasteiger partial charge in [0.1, 0.15) is 29.0 Å². The van der Waals surface area contributed by atoms with Gasteiger partial charge >= 0.3 is 0 Å². The summed E-state index contributed by atoms with van der Waals surface area (Å²) in [5.74, 6) is 2.40. The van der Waals surface area contributed by atoms with Crippen molar-refractivity contribution in [1.82, 2.24) is 14.7 Å². The highest BCUT2D eigenvalue weighted by Gasteiger charge is 2.48. The Hall–Kier alpha value is -3.48. The van der Waals surface area contributed by atoms with Gasteiger partial charge in [-0.05, 0) is 62.9 Å². The maximum atomic E-state index is 14.2. The first-order valence-corrected chi connectivity index (χ1v) is 13.3. The number of ether oxygens (including phenoxy) is 2. The molecule has 2 unspecified atom stereocenters. The molecular formula is C30H38N4O3. The van der Waals surface area contributed by atoms with Crippen LogP contribution in [0.4, 0.5) is 5.82 Å². The number of amides is 1. The Morgan fingerprint density at radius 2 is 1.70 bits per heavy atom. The van der Waals surface area contributed by atoms with Gasteiger partial charge in [-0.15, -0.1) is 0 Å². The summed E-state index contributed by atoms with van der Waals surface area (Å²) >= 11 is 0. The number of nitrogens with one attached hydrogen (secondary N) is 1. The Morgan fingerprint density at radius 3 is 2.35 bits per heavy atom. The second-order valence-corrected chi connectivity index (χ2v) is 10.9. The smallest absolute Gasteiger partial charge is 0.259 e. The third-order valence-electron chi connectivity index (χ3n) is 8.28. The lowest BCUT2D eigenvalue weighted by molar-refractivity contribution is 0.0571. The second kappa shape index (κ2) is 9.77. The molecule has 7 nitrogen and oxygen atoms in total. The molecule has 37 heavy (non-hydrogen) atoms. The summed E-state index contributed by atoms with van der Waals surface area (Å²) in [6.45, 7) is 9.25. The van der Waals surface area contributed by atoms with Crippen LogP contribution in [-0.2, 0) is 5.54 Å². The fourth-order valence-corrected chi connectivity index (χ4v) is 6.08. The fourth-order valence-electron chi connectivity index (χ4n) is 6.08. The third kappa shape index (κ3) is 4.56. The number of carbonyl (C=O) groups is 1. The van der Waals surface area contributed by atoms with Crippen molar-refractivity contribution in [2.45, 2.75) is 76.6 Å². The van der Waals surface area contributed by atoms with E-state index >= 15 is 0 Å². The lowest BCUT2D eigenvalue weighted by atomic mass is 9.88. The van der Waals surface area contributed by atoms with E-state index in [1.165, 1.54) is 5.56 Å². The highest BCUT2D eigenvalue weighted by molar-refractivity contribution is 5.99. The van der Waals surface area contributed by atoms with Crippen LogP contribution in [0.5, 0.6) is 11.5 Å². The largest absolute Gasteiger partial charge is 0.497 e. The molecule has 5 rings (SSSR count). The minimum absolute atomic E-state index is 0.0165. The zero-order chi connectivity index (χ0) is 26.2. The maximum Gasteiger partial charge on any atom is 0.259 e. The average Bonchev–Trinajstić information content (AvgIpc) is 3.51. The standard InChI is InChI=1S/C30H38N4O3/c1-6-30(7-2)17-24(37-23-15-13-22(36-5)14-16-23)20-33(30)28(35)25-19-31-34-27(25)32-26(18-29(34,3)4)21-11-9-8-10-12-21/h8-16,19,24,26,32H,6-7,17-18,20H2,1-5H3. The number of methoxy groups -OCH3 is 1. The van der Waals surface area contributed by atoms with Crippen LogP contribution >= 0.6 is 0 Å². The van der Waals surface area contributed by atoms with Gasteiger partial charge in [0, 0.05) is 12.0 Å². The summed E-state index contributed by atoms with van der Waals surface area (Å²) in [5.41, 5.74) is 1.36. The molecule has 7 heteroatoms. The zero-order valence-corrected chi connectivity index (χ0v) is 22.5. The minimum atomic E-state index is -0.258. The molecular weight excluding hydrogens is 464 g/mol. The summed E-state index contributed by atoms with van der Waals surface area (Å²) in [4.78, 5) is 16.3. The normalized spacial score (nSPS) is 21.7. The topological polar surface area (TPSA) is 68.6 Å². The Balaban J connectivity index is 1.43. The fraction of sp³-hybridized carbons (Fsp3) is 0.467. The van der Waals surface area contributed by atoms with Crippen molar-refractivity contribution in [2.24, 2.45) is 0 Å². The first-order chi connectivity index (χ1) is 17.8. The van der Waals surface area contributed by atoms with E-state index in [-0.39, 0.29) is 29.1 Å². The van der Waals surface area contributed by atoms with Gasteiger partial charge in [0.15, 0.2) is 0 Å². The first-order valence-electron chi connectivity index (χ1n) is 13.3. The molecule has 2 aromatic carbocycles. The highest BCUT2D eigenvalue weighted by Crippen LogP contribution is 2.43. The summed E-state index contributed by atoms with van der Waals surface area (Å²) in [6.07, 6.45) is 5.08. The van der Waals surface area contributed by atoms with Gasteiger partial charge in [0.05, 0.1) is 31.4 Å². The third-order valence-corrected chi connectivity index (χ3v) is 8.28. The van der Waals surface area contributed by atoms with E-state index in [2.05, 4.69) is 57.3 Å². The van der Waals surface area contributed by atoms with Crippen LogP contribution < -0.4 is 14.8 Å². The van der Waals surface area contributed by atoms with Crippen molar-refractivity contribution in [3.8, 4) is 11.5 Å². The Morgan fingerprint density at radius 1 is 1.03 bits per heavy atom. The van der Waals surface area contributed by atoms with Gasteiger partial charge in [-0.1, -0.05) is 44.2 Å². The van der Waals surface area contributed by atoms with Gasteiger partial charge in [0.2, 0.25) is 0 Å². The van der Waals surface area contributed by atoms with Crippen LogP contribution in [0.1, 0.15) is 75.3 Å². The molecule has 1 N–H and O–H groups in total. The van der Waals surface area contributed by atoms with Crippen molar-refractivity contribution < 1.29 is 14.3 Å². The van der Waals surface area contributed by atoms with Gasteiger partial charge < -0.3 is 19.7 Å². The van der Waals surface area contributed by atoms with E-state index in [1.807, 2.05) is 39.9 Å². The van der Waals surface area contributed by atoms with Crippen LogP contribution in [-0.4, -0.2) is 45.9 Å². The molecule has 0 saturated carbocycles. The molecule has 1 amide bonds. The summed E-state index contributed by atoms with van der Waals surface area (Å²) in [6, 6.07) is 18.2. The molecule has 196 valence electrons. The van der Waals surface area contributed by atoms with Crippen molar-refractivity contribution >= 4 is 11.7 Å². The maximum absolute atomic E-state index is 14.2. The molecule has 2 aliphatic rings. The van der Waals surface area contributed by atoms with E-state index in [0.717, 1.165) is 43.0 Å². The quantitative estimate of drug-likeness (QED) is 0.427. The molecule has 3 heterocycles. The average molecular weight is 503 g/mol. The monoisotopic (exact) mass is 502 g/mol. The van der Waals surface area contributed by atoms with Crippen molar-refractivity contribution in [2.75, 3.05) is 19.0 Å². The highest BCUT2D eigenvalue weighted by atomic mass is 16.5. The Kier molecular flexibility index (Phi) is 6.65. The number of likely N-dealkylation sites (tertiary alicyclic amines) is 1. The van der Waals surface area contributed by atoms with E-state index < -0.39 is 0 Å². The SMILES string of the molecule is CCC1(CC)CC(Oc2ccc(OC)cc2)CN1C(=O)c1cnn2c1NC(c1ccccc1)CC2(C)C. The predicted octanol–water partition coefficient (Wildman–Crippen LogP) is 6.04. The number of carbonyl (C=O) groups excluding carboxylic acids is 1. The summed E-state index contributed by atoms with van der Waals surface area (Å²) in [5, 5.41) is 8.35. The van der Waals surface area contributed by atoms with E-state index in [9.17, 15) is 4.79 Å². The van der Waals surface area contributed by atoms with E-state index in [4.69, 9.17) is 14.6 Å². The number of nitrogens with zero attached hydrogens (tertiary/aromatic N) is 3. The number of fused-ring (bicyclic) bond motifs is 1. The molecule has 0 bridgehead atoms. The minimum Gasteiger partial charge on any atom is -0.497 e. The number of benzene rings is 2.